The van der Waals surface area contributed by atoms with E-state index in [0.717, 1.165) is 36.6 Å². The van der Waals surface area contributed by atoms with E-state index in [4.69, 9.17) is 11.6 Å². The molecule has 180 valence electrons. The quantitative estimate of drug-likeness (QED) is 0.490. The van der Waals surface area contributed by atoms with Gasteiger partial charge in [-0.25, -0.2) is 4.98 Å². The first-order chi connectivity index (χ1) is 16.4. The molecular weight excluding hydrogens is 468 g/mol. The molecule has 0 bridgehead atoms. The first-order valence-electron chi connectivity index (χ1n) is 11.8. The molecule has 34 heavy (non-hydrogen) atoms. The first-order valence-corrected chi connectivity index (χ1v) is 13.3. The van der Waals surface area contributed by atoms with Crippen molar-refractivity contribution in [1.29, 1.82) is 0 Å². The fraction of sp³-hybridized carbons (Fsp3) is 0.423. The summed E-state index contributed by atoms with van der Waals surface area (Å²) in [4.78, 5) is 32.3. The molecule has 1 saturated heterocycles. The van der Waals surface area contributed by atoms with Crippen LogP contribution in [0.25, 0.3) is 5.65 Å². The van der Waals surface area contributed by atoms with E-state index < -0.39 is 0 Å². The lowest BCUT2D eigenvalue weighted by Gasteiger charge is -2.26. The van der Waals surface area contributed by atoms with Gasteiger partial charge in [-0.2, -0.15) is 11.8 Å². The van der Waals surface area contributed by atoms with E-state index in [1.807, 2.05) is 59.3 Å². The third kappa shape index (κ3) is 6.13. The fourth-order valence-electron chi connectivity index (χ4n) is 4.36. The molecule has 3 aromatic rings. The summed E-state index contributed by atoms with van der Waals surface area (Å²) in [5.41, 5.74) is 3.03. The first kappa shape index (κ1) is 24.6. The molecule has 1 aromatic carbocycles. The van der Waals surface area contributed by atoms with Gasteiger partial charge in [0.25, 0.3) is 5.91 Å². The van der Waals surface area contributed by atoms with Crippen LogP contribution < -0.4 is 5.32 Å². The van der Waals surface area contributed by atoms with Gasteiger partial charge in [-0.05, 0) is 42.2 Å². The number of benzene rings is 1. The van der Waals surface area contributed by atoms with E-state index in [1.54, 1.807) is 10.5 Å². The van der Waals surface area contributed by atoms with Crippen molar-refractivity contribution in [3.63, 3.8) is 0 Å². The Labute approximate surface area is 210 Å². The lowest BCUT2D eigenvalue weighted by molar-refractivity contribution is -0.130. The maximum atomic E-state index is 13.2. The number of rotatable bonds is 8. The molecule has 3 heterocycles. The smallest absolute Gasteiger partial charge is 0.268 e. The molecule has 1 fully saturated rings. The molecule has 1 aliphatic heterocycles. The number of hydrogen-bond donors (Lipinski definition) is 1. The Morgan fingerprint density at radius 3 is 2.56 bits per heavy atom. The molecule has 0 spiro atoms. The number of nitrogens with one attached hydrogen (secondary N) is 1. The molecule has 6 nitrogen and oxygen atoms in total. The number of carbonyl (C=O) groups is 2. The highest BCUT2D eigenvalue weighted by Gasteiger charge is 2.20. The monoisotopic (exact) mass is 498 g/mol. The number of fused-ring (bicyclic) bond motifs is 1. The number of imidazole rings is 1. The maximum absolute atomic E-state index is 13.2. The van der Waals surface area contributed by atoms with E-state index in [1.165, 1.54) is 0 Å². The van der Waals surface area contributed by atoms with Gasteiger partial charge in [0.2, 0.25) is 5.91 Å². The van der Waals surface area contributed by atoms with Gasteiger partial charge < -0.3 is 10.2 Å². The Morgan fingerprint density at radius 1 is 1.12 bits per heavy atom. The van der Waals surface area contributed by atoms with Gasteiger partial charge in [0.05, 0.1) is 12.1 Å². The summed E-state index contributed by atoms with van der Waals surface area (Å²) in [7, 11) is 0. The lowest BCUT2D eigenvalue weighted by Crippen LogP contribution is -2.38. The highest BCUT2D eigenvalue weighted by atomic mass is 35.5. The summed E-state index contributed by atoms with van der Waals surface area (Å²) in [6.07, 6.45) is 3.02. The van der Waals surface area contributed by atoms with Crippen LogP contribution >= 0.6 is 23.4 Å². The topological polar surface area (TPSA) is 66.7 Å². The van der Waals surface area contributed by atoms with Crippen molar-refractivity contribution >= 4 is 40.8 Å². The fourth-order valence-corrected chi connectivity index (χ4v) is 5.39. The predicted octanol–water partition coefficient (Wildman–Crippen LogP) is 4.67. The van der Waals surface area contributed by atoms with Crippen molar-refractivity contribution in [2.24, 2.45) is 5.92 Å². The molecule has 1 N–H and O–H groups in total. The van der Waals surface area contributed by atoms with Crippen LogP contribution in [0.3, 0.4) is 0 Å². The van der Waals surface area contributed by atoms with Crippen LogP contribution in [0, 0.1) is 5.92 Å². The second-order valence-corrected chi connectivity index (χ2v) is 10.8. The number of aromatic nitrogens is 2. The van der Waals surface area contributed by atoms with Crippen LogP contribution in [0.2, 0.25) is 5.02 Å². The van der Waals surface area contributed by atoms with Crippen LogP contribution in [0.5, 0.6) is 0 Å². The number of carbonyl (C=O) groups excluding carboxylic acids is 2. The SMILES string of the molecule is CC(C)CC(CNC(=O)c1cccc2nc(CC(=O)N3CCSCC3)cn12)c1ccc(Cl)cc1. The van der Waals surface area contributed by atoms with E-state index in [-0.39, 0.29) is 24.2 Å². The Hall–Kier alpha value is -2.51. The molecule has 2 aromatic heterocycles. The minimum atomic E-state index is -0.156. The summed E-state index contributed by atoms with van der Waals surface area (Å²) in [5.74, 6) is 2.59. The van der Waals surface area contributed by atoms with E-state index in [2.05, 4.69) is 24.1 Å². The van der Waals surface area contributed by atoms with Crippen LogP contribution in [0.1, 0.15) is 47.9 Å². The molecule has 1 atom stereocenters. The van der Waals surface area contributed by atoms with Crippen molar-refractivity contribution in [3.05, 3.63) is 70.6 Å². The number of thioether (sulfide) groups is 1. The summed E-state index contributed by atoms with van der Waals surface area (Å²) in [5, 5.41) is 3.82. The molecule has 1 unspecified atom stereocenters. The summed E-state index contributed by atoms with van der Waals surface area (Å²) in [6, 6.07) is 13.3. The molecule has 2 amide bonds. The maximum Gasteiger partial charge on any atom is 0.268 e. The molecule has 0 aliphatic carbocycles. The lowest BCUT2D eigenvalue weighted by atomic mass is 9.90. The van der Waals surface area contributed by atoms with Gasteiger partial charge in [0.1, 0.15) is 11.3 Å². The molecule has 0 saturated carbocycles. The largest absolute Gasteiger partial charge is 0.350 e. The van der Waals surface area contributed by atoms with E-state index in [9.17, 15) is 9.59 Å². The zero-order valence-electron chi connectivity index (χ0n) is 19.7. The van der Waals surface area contributed by atoms with E-state index >= 15 is 0 Å². The van der Waals surface area contributed by atoms with Crippen LogP contribution in [0.15, 0.2) is 48.7 Å². The van der Waals surface area contributed by atoms with Crippen molar-refractivity contribution in [2.45, 2.75) is 32.6 Å². The second kappa shape index (κ2) is 11.3. The average molecular weight is 499 g/mol. The highest BCUT2D eigenvalue weighted by Crippen LogP contribution is 2.25. The number of amides is 2. The highest BCUT2D eigenvalue weighted by molar-refractivity contribution is 7.99. The van der Waals surface area contributed by atoms with Crippen molar-refractivity contribution in [2.75, 3.05) is 31.1 Å². The normalized spacial score (nSPS) is 15.0. The van der Waals surface area contributed by atoms with Gasteiger partial charge >= 0.3 is 0 Å². The Bertz CT molecular complexity index is 1140. The van der Waals surface area contributed by atoms with E-state index in [0.29, 0.717) is 34.5 Å². The molecule has 1 aliphatic rings. The van der Waals surface area contributed by atoms with Crippen molar-refractivity contribution in [1.82, 2.24) is 19.6 Å². The molecule has 8 heteroatoms. The van der Waals surface area contributed by atoms with Crippen LogP contribution in [-0.4, -0.2) is 57.2 Å². The number of halogens is 1. The Kier molecular flexibility index (Phi) is 8.16. The number of hydrogen-bond acceptors (Lipinski definition) is 4. The third-order valence-electron chi connectivity index (χ3n) is 6.08. The van der Waals surface area contributed by atoms with Gasteiger partial charge in [0.15, 0.2) is 0 Å². The van der Waals surface area contributed by atoms with Gasteiger partial charge in [-0.15, -0.1) is 0 Å². The standard InChI is InChI=1S/C26H31ClN4O2S/c1-18(2)14-20(19-6-8-21(27)9-7-19)16-28-26(33)23-4-3-5-24-29-22(17-31(23)24)15-25(32)30-10-12-34-13-11-30/h3-9,17-18,20H,10-16H2,1-2H3,(H,28,33). The average Bonchev–Trinajstić information content (AvgIpc) is 3.25. The van der Waals surface area contributed by atoms with Gasteiger partial charge in [-0.1, -0.05) is 43.6 Å². The van der Waals surface area contributed by atoms with Gasteiger partial charge in [0, 0.05) is 48.3 Å². The Balaban J connectivity index is 1.47. The Morgan fingerprint density at radius 2 is 1.85 bits per heavy atom. The van der Waals surface area contributed by atoms with Crippen molar-refractivity contribution in [3.8, 4) is 0 Å². The minimum Gasteiger partial charge on any atom is -0.350 e. The summed E-state index contributed by atoms with van der Waals surface area (Å²) < 4.78 is 1.78. The predicted molar refractivity (Wildman–Crippen MR) is 139 cm³/mol. The number of pyridine rings is 1. The summed E-state index contributed by atoms with van der Waals surface area (Å²) in [6.45, 7) is 6.47. The zero-order valence-corrected chi connectivity index (χ0v) is 21.2. The second-order valence-electron chi connectivity index (χ2n) is 9.13. The minimum absolute atomic E-state index is 0.0919. The van der Waals surface area contributed by atoms with Gasteiger partial charge in [-0.3, -0.25) is 14.0 Å². The third-order valence-corrected chi connectivity index (χ3v) is 7.27. The molecule has 0 radical (unpaired) electrons. The summed E-state index contributed by atoms with van der Waals surface area (Å²) >= 11 is 7.94. The zero-order chi connectivity index (χ0) is 24.1. The number of nitrogens with zero attached hydrogens (tertiary/aromatic N) is 3. The van der Waals surface area contributed by atoms with Crippen LogP contribution in [0.4, 0.5) is 0 Å². The molecular formula is C26H31ClN4O2S. The van der Waals surface area contributed by atoms with Crippen molar-refractivity contribution < 1.29 is 9.59 Å². The van der Waals surface area contributed by atoms with Crippen LogP contribution in [-0.2, 0) is 11.2 Å². The molecule has 4 rings (SSSR count).